The number of halogens is 7. The fraction of sp³-hybridized carbons (Fsp3) is 0.143. The van der Waals surface area contributed by atoms with E-state index in [4.69, 9.17) is 4.74 Å². The quantitative estimate of drug-likeness (QED) is 0.181. The Balaban J connectivity index is 1.54. The molecule has 1 nitrogen and oxygen atoms in total. The Morgan fingerprint density at radius 3 is 1.67 bits per heavy atom. The summed E-state index contributed by atoms with van der Waals surface area (Å²) in [5.41, 5.74) is 0.515. The van der Waals surface area contributed by atoms with Crippen LogP contribution in [0.2, 0.25) is 0 Å². The van der Waals surface area contributed by atoms with Gasteiger partial charge in [0.1, 0.15) is 18.2 Å². The molecule has 0 aliphatic heterocycles. The molecule has 36 heavy (non-hydrogen) atoms. The summed E-state index contributed by atoms with van der Waals surface area (Å²) < 4.78 is 103. The molecule has 8 heteroatoms. The third-order valence-electron chi connectivity index (χ3n) is 5.59. The van der Waals surface area contributed by atoms with Crippen LogP contribution in [0.15, 0.2) is 60.7 Å². The van der Waals surface area contributed by atoms with Crippen LogP contribution >= 0.6 is 0 Å². The van der Waals surface area contributed by atoms with Crippen molar-refractivity contribution in [3.63, 3.8) is 0 Å². The first-order valence-corrected chi connectivity index (χ1v) is 11.0. The van der Waals surface area contributed by atoms with Crippen molar-refractivity contribution in [3.05, 3.63) is 113 Å². The molecule has 0 saturated carbocycles. The molecule has 0 saturated heterocycles. The highest BCUT2D eigenvalue weighted by molar-refractivity contribution is 5.71. The molecule has 0 fully saturated rings. The molecule has 0 spiro atoms. The minimum atomic E-state index is -1.67. The molecule has 0 atom stereocenters. The summed E-state index contributed by atoms with van der Waals surface area (Å²) >= 11 is 0. The number of aryl methyl sites for hydroxylation is 1. The molecule has 4 aromatic carbocycles. The maximum Gasteiger partial charge on any atom is 0.194 e. The van der Waals surface area contributed by atoms with Gasteiger partial charge in [-0.25, -0.2) is 30.7 Å². The van der Waals surface area contributed by atoms with E-state index in [9.17, 15) is 30.7 Å². The van der Waals surface area contributed by atoms with Crippen molar-refractivity contribution in [1.82, 2.24) is 0 Å². The molecule has 4 rings (SSSR count). The van der Waals surface area contributed by atoms with E-state index < -0.39 is 46.5 Å². The van der Waals surface area contributed by atoms with Gasteiger partial charge in [0.2, 0.25) is 0 Å². The van der Waals surface area contributed by atoms with E-state index in [1.54, 1.807) is 0 Å². The SMILES string of the molecule is CCCc1cc(F)c(OCc2ccc(-c3ccc(-c4cc(F)c(F)c(F)c4)c(F)c3)c(F)c2)c(F)c1. The second-order valence-corrected chi connectivity index (χ2v) is 8.19. The molecule has 4 aromatic rings. The molecule has 0 aromatic heterocycles. The summed E-state index contributed by atoms with van der Waals surface area (Å²) in [4.78, 5) is 0. The topological polar surface area (TPSA) is 9.23 Å². The lowest BCUT2D eigenvalue weighted by molar-refractivity contribution is 0.273. The van der Waals surface area contributed by atoms with E-state index in [1.165, 1.54) is 36.4 Å². The molecule has 0 amide bonds. The van der Waals surface area contributed by atoms with Gasteiger partial charge in [0.25, 0.3) is 0 Å². The number of ether oxygens (including phenoxy) is 1. The summed E-state index contributed by atoms with van der Waals surface area (Å²) in [6.07, 6.45) is 1.24. The van der Waals surface area contributed by atoms with Gasteiger partial charge in [-0.1, -0.05) is 37.6 Å². The zero-order valence-electron chi connectivity index (χ0n) is 18.9. The van der Waals surface area contributed by atoms with Gasteiger partial charge in [0.15, 0.2) is 34.8 Å². The van der Waals surface area contributed by atoms with Crippen LogP contribution in [0, 0.1) is 40.7 Å². The van der Waals surface area contributed by atoms with Gasteiger partial charge in [0, 0.05) is 11.1 Å². The van der Waals surface area contributed by atoms with Crippen LogP contribution in [0.1, 0.15) is 24.5 Å². The molecule has 0 N–H and O–H groups in total. The molecule has 0 bridgehead atoms. The lowest BCUT2D eigenvalue weighted by Gasteiger charge is -2.12. The number of hydrogen-bond donors (Lipinski definition) is 0. The van der Waals surface area contributed by atoms with Gasteiger partial charge in [-0.15, -0.1) is 0 Å². The smallest absolute Gasteiger partial charge is 0.194 e. The Bertz CT molecular complexity index is 1390. The summed E-state index contributed by atoms with van der Waals surface area (Å²) in [7, 11) is 0. The van der Waals surface area contributed by atoms with Crippen LogP contribution in [-0.4, -0.2) is 0 Å². The minimum absolute atomic E-state index is 0.0157. The Morgan fingerprint density at radius 1 is 0.556 bits per heavy atom. The summed E-state index contributed by atoms with van der Waals surface area (Å²) in [6, 6.07) is 11.1. The third-order valence-corrected chi connectivity index (χ3v) is 5.59. The lowest BCUT2D eigenvalue weighted by Crippen LogP contribution is -2.02. The van der Waals surface area contributed by atoms with E-state index in [1.807, 2.05) is 6.92 Å². The molecule has 186 valence electrons. The molecule has 0 aliphatic carbocycles. The van der Waals surface area contributed by atoms with Gasteiger partial charge in [-0.05, 0) is 65.1 Å². The van der Waals surface area contributed by atoms with Crippen LogP contribution in [-0.2, 0) is 13.0 Å². The fourth-order valence-corrected chi connectivity index (χ4v) is 3.85. The predicted octanol–water partition coefficient (Wildman–Crippen LogP) is 8.53. The van der Waals surface area contributed by atoms with Crippen LogP contribution in [0.4, 0.5) is 30.7 Å². The third kappa shape index (κ3) is 5.22. The Morgan fingerprint density at radius 2 is 1.08 bits per heavy atom. The molecular formula is C28H19F7O. The van der Waals surface area contributed by atoms with Crippen LogP contribution < -0.4 is 4.74 Å². The van der Waals surface area contributed by atoms with Crippen molar-refractivity contribution >= 4 is 0 Å². The standard InChI is InChI=1S/C28H19F7O/c1-2-3-15-8-25(33)28(26(34)9-15)36-14-16-4-6-19(21(29)10-16)17-5-7-20(22(30)11-17)18-12-23(31)27(35)24(32)13-18/h4-13H,2-3,14H2,1H3. The van der Waals surface area contributed by atoms with Crippen molar-refractivity contribution in [2.75, 3.05) is 0 Å². The number of hydrogen-bond acceptors (Lipinski definition) is 1. The average molecular weight is 504 g/mol. The van der Waals surface area contributed by atoms with Crippen LogP contribution in [0.25, 0.3) is 22.3 Å². The van der Waals surface area contributed by atoms with Gasteiger partial charge in [-0.2, -0.15) is 0 Å². The highest BCUT2D eigenvalue weighted by Crippen LogP contribution is 2.32. The first-order valence-electron chi connectivity index (χ1n) is 11.0. The minimum Gasteiger partial charge on any atom is -0.483 e. The average Bonchev–Trinajstić information content (AvgIpc) is 2.82. The zero-order valence-corrected chi connectivity index (χ0v) is 18.9. The highest BCUT2D eigenvalue weighted by Gasteiger charge is 2.17. The fourth-order valence-electron chi connectivity index (χ4n) is 3.85. The first-order chi connectivity index (χ1) is 17.2. The largest absolute Gasteiger partial charge is 0.483 e. The molecule has 0 unspecified atom stereocenters. The van der Waals surface area contributed by atoms with Gasteiger partial charge in [0.05, 0.1) is 0 Å². The highest BCUT2D eigenvalue weighted by atomic mass is 19.2. The maximum absolute atomic E-state index is 14.8. The van der Waals surface area contributed by atoms with Crippen molar-refractivity contribution in [1.29, 1.82) is 0 Å². The molecule has 0 aliphatic rings. The number of benzene rings is 4. The van der Waals surface area contributed by atoms with Gasteiger partial charge < -0.3 is 4.74 Å². The lowest BCUT2D eigenvalue weighted by atomic mass is 9.98. The second-order valence-electron chi connectivity index (χ2n) is 8.19. The monoisotopic (exact) mass is 504 g/mol. The van der Waals surface area contributed by atoms with Crippen molar-refractivity contribution in [2.45, 2.75) is 26.4 Å². The van der Waals surface area contributed by atoms with E-state index in [2.05, 4.69) is 0 Å². The van der Waals surface area contributed by atoms with Crippen molar-refractivity contribution < 1.29 is 35.5 Å². The van der Waals surface area contributed by atoms with Gasteiger partial charge >= 0.3 is 0 Å². The van der Waals surface area contributed by atoms with E-state index >= 15 is 0 Å². The summed E-state index contributed by atoms with van der Waals surface area (Å²) in [6.45, 7) is 1.57. The summed E-state index contributed by atoms with van der Waals surface area (Å²) in [5, 5.41) is 0. The number of rotatable bonds is 7. The van der Waals surface area contributed by atoms with E-state index in [-0.39, 0.29) is 34.4 Å². The maximum atomic E-state index is 14.8. The Labute approximate surface area is 202 Å². The Kier molecular flexibility index (Phi) is 7.33. The van der Waals surface area contributed by atoms with E-state index in [0.717, 1.165) is 18.6 Å². The first kappa shape index (κ1) is 25.3. The van der Waals surface area contributed by atoms with E-state index in [0.29, 0.717) is 24.1 Å². The van der Waals surface area contributed by atoms with Crippen LogP contribution in [0.5, 0.6) is 5.75 Å². The molecule has 0 heterocycles. The van der Waals surface area contributed by atoms with Crippen molar-refractivity contribution in [3.8, 4) is 28.0 Å². The predicted molar refractivity (Wildman–Crippen MR) is 122 cm³/mol. The van der Waals surface area contributed by atoms with Crippen LogP contribution in [0.3, 0.4) is 0 Å². The molecule has 0 radical (unpaired) electrons. The summed E-state index contributed by atoms with van der Waals surface area (Å²) in [5.74, 6) is -8.52. The van der Waals surface area contributed by atoms with Gasteiger partial charge in [-0.3, -0.25) is 0 Å². The Hall–Kier alpha value is -3.81. The zero-order chi connectivity index (χ0) is 26.0. The molecular weight excluding hydrogens is 485 g/mol. The second kappa shape index (κ2) is 10.4. The normalized spacial score (nSPS) is 11.1. The van der Waals surface area contributed by atoms with Crippen molar-refractivity contribution in [2.24, 2.45) is 0 Å².